The second kappa shape index (κ2) is 11.9. The van der Waals surface area contributed by atoms with Gasteiger partial charge in [0.2, 0.25) is 0 Å². The average Bonchev–Trinajstić information content (AvgIpc) is 3.52. The summed E-state index contributed by atoms with van der Waals surface area (Å²) in [6.07, 6.45) is 1.78. The van der Waals surface area contributed by atoms with Crippen molar-refractivity contribution in [3.05, 3.63) is 115 Å². The standard InChI is InChI=1S/C28H21BrFIN2O4S2/c1-3-36-27(35)23-15(2)32-28-33(24(23)21-5-4-10-38-21)26(34)22(39-28)12-17-11-18(29)13-20(31)25(17)37-14-16-6-8-19(30)9-7-16/h4-13,24H,3,14H2,1-2H3/b22-12-/t24-/m1/s1. The number of rotatable bonds is 7. The third-order valence-corrected chi connectivity index (χ3v) is 9.12. The lowest BCUT2D eigenvalue weighted by molar-refractivity contribution is -0.139. The highest BCUT2D eigenvalue weighted by molar-refractivity contribution is 14.1. The summed E-state index contributed by atoms with van der Waals surface area (Å²) in [5.74, 6) is -0.188. The predicted molar refractivity (Wildman–Crippen MR) is 162 cm³/mol. The molecule has 0 aliphatic carbocycles. The van der Waals surface area contributed by atoms with Crippen LogP contribution in [0.2, 0.25) is 0 Å². The molecule has 0 spiro atoms. The van der Waals surface area contributed by atoms with Gasteiger partial charge in [0.25, 0.3) is 5.56 Å². The lowest BCUT2D eigenvalue weighted by atomic mass is 10.0. The minimum absolute atomic E-state index is 0.222. The van der Waals surface area contributed by atoms with Gasteiger partial charge in [-0.1, -0.05) is 45.5 Å². The number of hydrogen-bond donors (Lipinski definition) is 0. The maximum absolute atomic E-state index is 13.9. The Kier molecular flexibility index (Phi) is 8.50. The molecule has 4 aromatic rings. The van der Waals surface area contributed by atoms with Crippen molar-refractivity contribution in [1.29, 1.82) is 0 Å². The fourth-order valence-electron chi connectivity index (χ4n) is 4.22. The van der Waals surface area contributed by atoms with E-state index in [1.807, 2.05) is 29.6 Å². The highest BCUT2D eigenvalue weighted by atomic mass is 127. The average molecular weight is 739 g/mol. The van der Waals surface area contributed by atoms with E-state index in [0.717, 1.165) is 18.5 Å². The molecule has 5 rings (SSSR count). The van der Waals surface area contributed by atoms with Crippen LogP contribution in [0, 0.1) is 9.39 Å². The Morgan fingerprint density at radius 1 is 1.26 bits per heavy atom. The van der Waals surface area contributed by atoms with Crippen LogP contribution in [0.15, 0.2) is 79.4 Å². The molecule has 200 valence electrons. The molecule has 0 bridgehead atoms. The van der Waals surface area contributed by atoms with Gasteiger partial charge in [0.1, 0.15) is 24.2 Å². The molecule has 0 saturated heterocycles. The molecule has 0 N–H and O–H groups in total. The molecule has 0 fully saturated rings. The minimum Gasteiger partial charge on any atom is -0.487 e. The lowest BCUT2D eigenvalue weighted by Crippen LogP contribution is -2.39. The van der Waals surface area contributed by atoms with Crippen LogP contribution in [0.4, 0.5) is 4.39 Å². The quantitative estimate of drug-likeness (QED) is 0.174. The van der Waals surface area contributed by atoms with Gasteiger partial charge < -0.3 is 9.47 Å². The predicted octanol–water partition coefficient (Wildman–Crippen LogP) is 5.95. The molecule has 1 aliphatic rings. The number of carbonyl (C=O) groups excluding carboxylic acids is 1. The van der Waals surface area contributed by atoms with E-state index in [1.54, 1.807) is 36.6 Å². The Labute approximate surface area is 253 Å². The summed E-state index contributed by atoms with van der Waals surface area (Å²) in [7, 11) is 0. The lowest BCUT2D eigenvalue weighted by Gasteiger charge is -2.23. The number of fused-ring (bicyclic) bond motifs is 1. The van der Waals surface area contributed by atoms with Crippen LogP contribution in [0.25, 0.3) is 6.08 Å². The Balaban J connectivity index is 1.62. The van der Waals surface area contributed by atoms with E-state index < -0.39 is 12.0 Å². The zero-order valence-electron chi connectivity index (χ0n) is 20.7. The molecule has 6 nitrogen and oxygen atoms in total. The first-order valence-corrected chi connectivity index (χ1v) is 15.4. The first-order valence-electron chi connectivity index (χ1n) is 11.9. The normalized spacial score (nSPS) is 15.2. The van der Waals surface area contributed by atoms with E-state index in [1.165, 1.54) is 34.8 Å². The molecule has 1 aliphatic heterocycles. The number of thiophene rings is 1. The topological polar surface area (TPSA) is 69.9 Å². The summed E-state index contributed by atoms with van der Waals surface area (Å²) in [6, 6.07) is 13.1. The van der Waals surface area contributed by atoms with Crippen LogP contribution >= 0.6 is 61.2 Å². The van der Waals surface area contributed by atoms with Crippen LogP contribution in [0.1, 0.15) is 35.9 Å². The monoisotopic (exact) mass is 738 g/mol. The zero-order chi connectivity index (χ0) is 27.7. The van der Waals surface area contributed by atoms with Gasteiger partial charge in [0, 0.05) is 14.9 Å². The molecule has 39 heavy (non-hydrogen) atoms. The van der Waals surface area contributed by atoms with Gasteiger partial charge in [0.15, 0.2) is 4.80 Å². The van der Waals surface area contributed by atoms with Gasteiger partial charge >= 0.3 is 5.97 Å². The van der Waals surface area contributed by atoms with E-state index in [9.17, 15) is 14.0 Å². The molecular formula is C28H21BrFIN2O4S2. The van der Waals surface area contributed by atoms with Crippen molar-refractivity contribution < 1.29 is 18.7 Å². The molecule has 11 heteroatoms. The van der Waals surface area contributed by atoms with Crippen molar-refractivity contribution >= 4 is 73.2 Å². The first-order chi connectivity index (χ1) is 18.8. The summed E-state index contributed by atoms with van der Waals surface area (Å²) in [5.41, 5.74) is 2.15. The molecule has 1 atom stereocenters. The van der Waals surface area contributed by atoms with E-state index in [-0.39, 0.29) is 24.6 Å². The van der Waals surface area contributed by atoms with Crippen LogP contribution in [-0.4, -0.2) is 17.1 Å². The van der Waals surface area contributed by atoms with E-state index in [2.05, 4.69) is 43.5 Å². The van der Waals surface area contributed by atoms with Gasteiger partial charge in [-0.3, -0.25) is 9.36 Å². The molecule has 0 unspecified atom stereocenters. The van der Waals surface area contributed by atoms with Gasteiger partial charge in [-0.25, -0.2) is 14.2 Å². The second-order valence-corrected chi connectivity index (χ2v) is 12.6. The maximum Gasteiger partial charge on any atom is 0.338 e. The Morgan fingerprint density at radius 2 is 2.03 bits per heavy atom. The fourth-order valence-corrected chi connectivity index (χ4v) is 7.79. The molecule has 2 aromatic heterocycles. The minimum atomic E-state index is -0.626. The molecular weight excluding hydrogens is 718 g/mol. The van der Waals surface area contributed by atoms with Gasteiger partial charge in [-0.05, 0) is 83.8 Å². The first kappa shape index (κ1) is 27.9. The zero-order valence-corrected chi connectivity index (χ0v) is 26.1. The van der Waals surface area contributed by atoms with Crippen molar-refractivity contribution in [2.24, 2.45) is 4.99 Å². The van der Waals surface area contributed by atoms with Crippen molar-refractivity contribution in [2.75, 3.05) is 6.61 Å². The summed E-state index contributed by atoms with van der Waals surface area (Å²) in [4.78, 5) is 32.8. The van der Waals surface area contributed by atoms with Gasteiger partial charge in [0.05, 0.1) is 26.0 Å². The molecule has 3 heterocycles. The summed E-state index contributed by atoms with van der Waals surface area (Å²) < 4.78 is 28.5. The van der Waals surface area contributed by atoms with E-state index >= 15 is 0 Å². The number of thiazole rings is 1. The number of nitrogens with zero attached hydrogens (tertiary/aromatic N) is 2. The van der Waals surface area contributed by atoms with Gasteiger partial charge in [-0.15, -0.1) is 11.3 Å². The number of hydrogen-bond acceptors (Lipinski definition) is 7. The van der Waals surface area contributed by atoms with Crippen LogP contribution < -0.4 is 19.6 Å². The Bertz CT molecular complexity index is 1760. The molecule has 0 radical (unpaired) electrons. The number of benzene rings is 2. The molecule has 0 saturated carbocycles. The van der Waals surface area contributed by atoms with Crippen molar-refractivity contribution in [1.82, 2.24) is 4.57 Å². The highest BCUT2D eigenvalue weighted by Gasteiger charge is 2.34. The number of aromatic nitrogens is 1. The number of halogens is 3. The number of ether oxygens (including phenoxy) is 2. The second-order valence-electron chi connectivity index (χ2n) is 8.54. The smallest absolute Gasteiger partial charge is 0.338 e. The summed E-state index contributed by atoms with van der Waals surface area (Å²) in [5, 5.41) is 1.91. The third kappa shape index (κ3) is 5.81. The van der Waals surface area contributed by atoms with Crippen LogP contribution in [-0.2, 0) is 16.1 Å². The van der Waals surface area contributed by atoms with Crippen LogP contribution in [0.5, 0.6) is 5.75 Å². The Morgan fingerprint density at radius 3 is 2.72 bits per heavy atom. The van der Waals surface area contributed by atoms with Crippen molar-refractivity contribution in [3.8, 4) is 5.75 Å². The number of carbonyl (C=O) groups is 1. The molecule has 0 amide bonds. The summed E-state index contributed by atoms with van der Waals surface area (Å²) >= 11 is 8.46. The fraction of sp³-hybridized carbons (Fsp3) is 0.179. The van der Waals surface area contributed by atoms with E-state index in [4.69, 9.17) is 9.47 Å². The maximum atomic E-state index is 13.9. The highest BCUT2D eigenvalue weighted by Crippen LogP contribution is 2.34. The SMILES string of the molecule is CCOC(=O)C1=C(C)N=c2s/c(=C\c3cc(Br)cc(I)c3OCc3ccc(F)cc3)c(=O)n2[C@@H]1c1cccs1. The number of allylic oxidation sites excluding steroid dienone is 1. The number of esters is 1. The van der Waals surface area contributed by atoms with E-state index in [0.29, 0.717) is 31.9 Å². The van der Waals surface area contributed by atoms with Gasteiger partial charge in [-0.2, -0.15) is 0 Å². The van der Waals surface area contributed by atoms with Crippen molar-refractivity contribution in [3.63, 3.8) is 0 Å². The third-order valence-electron chi connectivity index (χ3n) is 5.95. The van der Waals surface area contributed by atoms with Crippen molar-refractivity contribution in [2.45, 2.75) is 26.5 Å². The Hall–Kier alpha value is -2.61. The van der Waals surface area contributed by atoms with Crippen LogP contribution in [0.3, 0.4) is 0 Å². The summed E-state index contributed by atoms with van der Waals surface area (Å²) in [6.45, 7) is 3.97. The molecule has 2 aromatic carbocycles. The largest absolute Gasteiger partial charge is 0.487 e.